The van der Waals surface area contributed by atoms with Gasteiger partial charge in [0.05, 0.1) is 4.91 Å². The van der Waals surface area contributed by atoms with Gasteiger partial charge in [0, 0.05) is 30.8 Å². The van der Waals surface area contributed by atoms with E-state index in [1.807, 2.05) is 0 Å². The van der Waals surface area contributed by atoms with Gasteiger partial charge in [-0.15, -0.1) is 0 Å². The minimum absolute atomic E-state index is 0.176. The topological polar surface area (TPSA) is 56.1 Å². The molecule has 3 heterocycles. The van der Waals surface area contributed by atoms with Crippen LogP contribution in [0.1, 0.15) is 24.8 Å². The van der Waals surface area contributed by atoms with Crippen molar-refractivity contribution in [2.45, 2.75) is 25.3 Å². The molecule has 1 amide bonds. The molecule has 0 spiro atoms. The lowest BCUT2D eigenvalue weighted by Crippen LogP contribution is -2.36. The van der Waals surface area contributed by atoms with E-state index < -0.39 is 5.82 Å². The molecule has 0 bridgehead atoms. The van der Waals surface area contributed by atoms with Crippen LogP contribution in [0.15, 0.2) is 28.1 Å². The van der Waals surface area contributed by atoms with E-state index in [9.17, 15) is 14.3 Å². The number of hydrogen-bond acceptors (Lipinski definition) is 5. The predicted molar refractivity (Wildman–Crippen MR) is 96.9 cm³/mol. The first-order valence-corrected chi connectivity index (χ1v) is 9.42. The van der Waals surface area contributed by atoms with E-state index in [1.165, 1.54) is 49.8 Å². The number of likely N-dealkylation sites (tertiary alicyclic amines) is 2. The third-order valence-electron chi connectivity index (χ3n) is 4.98. The van der Waals surface area contributed by atoms with E-state index in [-0.39, 0.29) is 11.7 Å². The van der Waals surface area contributed by atoms with Gasteiger partial charge in [-0.25, -0.2) is 4.39 Å². The summed E-state index contributed by atoms with van der Waals surface area (Å²) in [6.07, 6.45) is 5.23. The number of amidine groups is 1. The second-order valence-corrected chi connectivity index (χ2v) is 7.65. The number of carbonyl (C=O) groups is 1. The van der Waals surface area contributed by atoms with Crippen LogP contribution >= 0.6 is 11.8 Å². The molecule has 0 radical (unpaired) electrons. The lowest BCUT2D eigenvalue weighted by Gasteiger charge is -2.23. The fourth-order valence-corrected chi connectivity index (χ4v) is 4.57. The lowest BCUT2D eigenvalue weighted by atomic mass is 10.2. The number of aliphatic imine (C=N–C) groups is 1. The summed E-state index contributed by atoms with van der Waals surface area (Å²) < 4.78 is 13.1. The highest BCUT2D eigenvalue weighted by Gasteiger charge is 2.34. The number of phenolic OH excluding ortho intramolecular Hbond substituents is 1. The molecule has 3 aliphatic heterocycles. The van der Waals surface area contributed by atoms with E-state index in [1.54, 1.807) is 6.08 Å². The number of carbonyl (C=O) groups excluding carboxylic acids is 1. The summed E-state index contributed by atoms with van der Waals surface area (Å²) in [4.78, 5) is 21.5. The van der Waals surface area contributed by atoms with Crippen LogP contribution in [0.4, 0.5) is 4.39 Å². The maximum atomic E-state index is 13.1. The van der Waals surface area contributed by atoms with Crippen LogP contribution in [0.2, 0.25) is 0 Å². The number of halogens is 1. The molecular weight excluding hydrogens is 341 g/mol. The molecule has 0 aromatic heterocycles. The fraction of sp³-hybridized carbons (Fsp3) is 0.444. The molecule has 25 heavy (non-hydrogen) atoms. The van der Waals surface area contributed by atoms with Gasteiger partial charge in [0.25, 0.3) is 5.91 Å². The van der Waals surface area contributed by atoms with Gasteiger partial charge in [-0.3, -0.25) is 9.69 Å². The van der Waals surface area contributed by atoms with Gasteiger partial charge in [-0.05, 0) is 62.3 Å². The van der Waals surface area contributed by atoms with Crippen molar-refractivity contribution in [3.63, 3.8) is 0 Å². The molecule has 1 N–H and O–H groups in total. The van der Waals surface area contributed by atoms with Crippen LogP contribution in [0, 0.1) is 5.82 Å². The molecular formula is C18H20FN3O2S. The van der Waals surface area contributed by atoms with Gasteiger partial charge >= 0.3 is 0 Å². The Kier molecular flexibility index (Phi) is 4.52. The van der Waals surface area contributed by atoms with Crippen molar-refractivity contribution in [1.82, 2.24) is 9.80 Å². The zero-order chi connectivity index (χ0) is 17.4. The predicted octanol–water partition coefficient (Wildman–Crippen LogP) is 2.67. The van der Waals surface area contributed by atoms with Crippen LogP contribution in [0.5, 0.6) is 5.75 Å². The number of thioether (sulfide) groups is 1. The number of benzene rings is 1. The molecule has 0 unspecified atom stereocenters. The highest BCUT2D eigenvalue weighted by atomic mass is 32.2. The molecule has 7 heteroatoms. The Morgan fingerprint density at radius 1 is 1.28 bits per heavy atom. The molecule has 2 fully saturated rings. The zero-order valence-corrected chi connectivity index (χ0v) is 14.6. The number of rotatable bonds is 2. The van der Waals surface area contributed by atoms with Gasteiger partial charge in [-0.1, -0.05) is 0 Å². The van der Waals surface area contributed by atoms with Crippen molar-refractivity contribution < 1.29 is 14.3 Å². The Hall–Kier alpha value is -1.86. The molecule has 3 aliphatic rings. The van der Waals surface area contributed by atoms with Crippen LogP contribution < -0.4 is 0 Å². The van der Waals surface area contributed by atoms with Crippen LogP contribution in [0.3, 0.4) is 0 Å². The maximum absolute atomic E-state index is 13.1. The molecule has 1 aromatic rings. The minimum atomic E-state index is -0.507. The number of aromatic hydroxyl groups is 1. The zero-order valence-electron chi connectivity index (χ0n) is 13.8. The third-order valence-corrected chi connectivity index (χ3v) is 6.02. The second kappa shape index (κ2) is 6.80. The highest BCUT2D eigenvalue weighted by Crippen LogP contribution is 2.34. The number of hydrogen-bond donors (Lipinski definition) is 1. The van der Waals surface area contributed by atoms with Crippen LogP contribution in [-0.2, 0) is 4.79 Å². The number of phenols is 1. The smallest absolute Gasteiger partial charge is 0.286 e. The molecule has 0 saturated carbocycles. The Morgan fingerprint density at radius 3 is 2.84 bits per heavy atom. The van der Waals surface area contributed by atoms with Crippen molar-refractivity contribution >= 4 is 28.9 Å². The molecule has 1 atom stereocenters. The summed E-state index contributed by atoms with van der Waals surface area (Å²) >= 11 is 1.33. The van der Waals surface area contributed by atoms with Gasteiger partial charge in [0.2, 0.25) is 0 Å². The Balaban J connectivity index is 1.45. The first-order valence-electron chi connectivity index (χ1n) is 8.60. The fourth-order valence-electron chi connectivity index (χ4n) is 3.63. The summed E-state index contributed by atoms with van der Waals surface area (Å²) in [6, 6.07) is 4.32. The largest absolute Gasteiger partial charge is 0.507 e. The third kappa shape index (κ3) is 3.43. The first kappa shape index (κ1) is 16.6. The monoisotopic (exact) mass is 361 g/mol. The van der Waals surface area contributed by atoms with E-state index in [0.29, 0.717) is 16.5 Å². The van der Waals surface area contributed by atoms with Gasteiger partial charge in [0.15, 0.2) is 5.17 Å². The van der Waals surface area contributed by atoms with Gasteiger partial charge in [0.1, 0.15) is 11.6 Å². The van der Waals surface area contributed by atoms with E-state index >= 15 is 0 Å². The van der Waals surface area contributed by atoms with Crippen molar-refractivity contribution in [2.75, 3.05) is 26.2 Å². The normalized spacial score (nSPS) is 26.0. The standard InChI is InChI=1S/C18H20FN3O2S/c19-13-4-3-12(15(23)10-13)9-16-17(24)20-18(25-16)22-8-5-14(11-22)21-6-1-2-7-21/h3-4,9-10,14,23H,1-2,5-8,11H2/b16-9-/t14-/m1/s1. The number of amides is 1. The average molecular weight is 361 g/mol. The van der Waals surface area contributed by atoms with E-state index in [0.717, 1.165) is 30.7 Å². The molecule has 132 valence electrons. The summed E-state index contributed by atoms with van der Waals surface area (Å²) in [5.41, 5.74) is 0.421. The minimum Gasteiger partial charge on any atom is -0.507 e. The van der Waals surface area contributed by atoms with Gasteiger partial charge in [-0.2, -0.15) is 4.99 Å². The summed E-state index contributed by atoms with van der Waals surface area (Å²) in [7, 11) is 0. The maximum Gasteiger partial charge on any atom is 0.286 e. The summed E-state index contributed by atoms with van der Waals surface area (Å²) in [5, 5.41) is 10.5. The SMILES string of the molecule is O=C1N=C(N2CC[C@@H](N3CCCC3)C2)S/C1=C\c1ccc(F)cc1O. The quantitative estimate of drug-likeness (QED) is 0.821. The van der Waals surface area contributed by atoms with Crippen molar-refractivity contribution in [3.05, 3.63) is 34.5 Å². The Bertz CT molecular complexity index is 759. The molecule has 2 saturated heterocycles. The van der Waals surface area contributed by atoms with Gasteiger partial charge < -0.3 is 10.0 Å². The molecule has 4 rings (SSSR count). The Labute approximate surface area is 150 Å². The Morgan fingerprint density at radius 2 is 2.08 bits per heavy atom. The van der Waals surface area contributed by atoms with E-state index in [4.69, 9.17) is 0 Å². The van der Waals surface area contributed by atoms with Crippen molar-refractivity contribution in [2.24, 2.45) is 4.99 Å². The van der Waals surface area contributed by atoms with Crippen molar-refractivity contribution in [1.29, 1.82) is 0 Å². The second-order valence-electron chi connectivity index (χ2n) is 6.64. The summed E-state index contributed by atoms with van der Waals surface area (Å²) in [5.74, 6) is -0.982. The summed E-state index contributed by atoms with van der Waals surface area (Å²) in [6.45, 7) is 4.17. The molecule has 1 aromatic carbocycles. The molecule has 0 aliphatic carbocycles. The van der Waals surface area contributed by atoms with Crippen molar-refractivity contribution in [3.8, 4) is 5.75 Å². The molecule has 5 nitrogen and oxygen atoms in total. The van der Waals surface area contributed by atoms with Crippen LogP contribution in [0.25, 0.3) is 6.08 Å². The average Bonchev–Trinajstić information content (AvgIpc) is 3.31. The highest BCUT2D eigenvalue weighted by molar-refractivity contribution is 8.18. The first-order chi connectivity index (χ1) is 12.1. The van der Waals surface area contributed by atoms with Crippen LogP contribution in [-0.4, -0.2) is 58.2 Å². The number of nitrogens with zero attached hydrogens (tertiary/aromatic N) is 3. The lowest BCUT2D eigenvalue weighted by molar-refractivity contribution is -0.113. The van der Waals surface area contributed by atoms with E-state index in [2.05, 4.69) is 14.8 Å².